The molecule has 1 heterocycles. The number of aryl methyl sites for hydroxylation is 1. The van der Waals surface area contributed by atoms with Crippen LogP contribution in [0.15, 0.2) is 0 Å². The number of nitrogens with two attached hydrogens (primary N) is 1. The fourth-order valence-corrected chi connectivity index (χ4v) is 2.48. The number of rotatable bonds is 3. The van der Waals surface area contributed by atoms with E-state index in [0.717, 1.165) is 24.1 Å². The number of carbonyl (C=O) groups is 1. The zero-order valence-corrected chi connectivity index (χ0v) is 9.55. The Kier molecular flexibility index (Phi) is 3.24. The number of aromatic amines is 1. The van der Waals surface area contributed by atoms with Crippen molar-refractivity contribution in [3.63, 3.8) is 0 Å². The van der Waals surface area contributed by atoms with Crippen LogP contribution in [0.25, 0.3) is 0 Å². The highest BCUT2D eigenvalue weighted by Crippen LogP contribution is 2.29. The number of aromatic nitrogens is 2. The molecule has 88 valence electrons. The van der Waals surface area contributed by atoms with E-state index in [2.05, 4.69) is 22.5 Å². The maximum absolute atomic E-state index is 11.5. The standard InChI is InChI=1S/C11H18N4O/c1-2-3-7-4-5-9-8(6-7)10(15-14-9)11(16)13-12/h7H,2-6,12H2,1H3,(H,13,16)(H,14,15)/t7-/m1/s1. The molecule has 1 atom stereocenters. The Morgan fingerprint density at radius 2 is 2.50 bits per heavy atom. The molecule has 5 heteroatoms. The predicted octanol–water partition coefficient (Wildman–Crippen LogP) is 0.918. The lowest BCUT2D eigenvalue weighted by atomic mass is 9.84. The fourth-order valence-electron chi connectivity index (χ4n) is 2.48. The molecule has 0 aromatic carbocycles. The van der Waals surface area contributed by atoms with Gasteiger partial charge < -0.3 is 0 Å². The average Bonchev–Trinajstić information content (AvgIpc) is 2.71. The van der Waals surface area contributed by atoms with Crippen molar-refractivity contribution in [2.45, 2.75) is 39.0 Å². The zero-order valence-electron chi connectivity index (χ0n) is 9.55. The Morgan fingerprint density at radius 1 is 1.69 bits per heavy atom. The summed E-state index contributed by atoms with van der Waals surface area (Å²) in [5, 5.41) is 6.98. The zero-order chi connectivity index (χ0) is 11.5. The number of carbonyl (C=O) groups excluding carboxylic acids is 1. The number of amides is 1. The monoisotopic (exact) mass is 222 g/mol. The maximum Gasteiger partial charge on any atom is 0.285 e. The van der Waals surface area contributed by atoms with E-state index in [1.807, 2.05) is 0 Å². The lowest BCUT2D eigenvalue weighted by Gasteiger charge is -2.21. The van der Waals surface area contributed by atoms with Crippen molar-refractivity contribution in [1.29, 1.82) is 0 Å². The van der Waals surface area contributed by atoms with Gasteiger partial charge in [-0.15, -0.1) is 0 Å². The van der Waals surface area contributed by atoms with Crippen molar-refractivity contribution in [1.82, 2.24) is 15.6 Å². The molecule has 2 rings (SSSR count). The highest BCUT2D eigenvalue weighted by atomic mass is 16.2. The van der Waals surface area contributed by atoms with Crippen molar-refractivity contribution in [3.8, 4) is 0 Å². The molecule has 1 amide bonds. The van der Waals surface area contributed by atoms with Crippen LogP contribution in [-0.2, 0) is 12.8 Å². The molecule has 0 saturated heterocycles. The molecular formula is C11H18N4O. The summed E-state index contributed by atoms with van der Waals surface area (Å²) in [6.07, 6.45) is 5.53. The van der Waals surface area contributed by atoms with Gasteiger partial charge in [-0.3, -0.25) is 15.3 Å². The van der Waals surface area contributed by atoms with Gasteiger partial charge in [0.2, 0.25) is 0 Å². The molecule has 4 N–H and O–H groups in total. The third-order valence-electron chi connectivity index (χ3n) is 3.29. The van der Waals surface area contributed by atoms with Gasteiger partial charge >= 0.3 is 0 Å². The SMILES string of the molecule is CCC[C@@H]1CCc2[nH]nc(C(=O)NN)c2C1. The molecular weight excluding hydrogens is 204 g/mol. The number of nitrogen functional groups attached to an aromatic ring is 1. The highest BCUT2D eigenvalue weighted by molar-refractivity contribution is 5.93. The van der Waals surface area contributed by atoms with E-state index < -0.39 is 0 Å². The number of H-pyrrole nitrogens is 1. The fraction of sp³-hybridized carbons (Fsp3) is 0.636. The Balaban J connectivity index is 2.21. The van der Waals surface area contributed by atoms with Gasteiger partial charge in [-0.25, -0.2) is 5.84 Å². The number of fused-ring (bicyclic) bond motifs is 1. The molecule has 1 aromatic rings. The third-order valence-corrected chi connectivity index (χ3v) is 3.29. The second kappa shape index (κ2) is 4.65. The first kappa shape index (κ1) is 11.1. The van der Waals surface area contributed by atoms with Crippen molar-refractivity contribution in [2.24, 2.45) is 11.8 Å². The minimum atomic E-state index is -0.297. The molecule has 0 saturated carbocycles. The van der Waals surface area contributed by atoms with Gasteiger partial charge in [-0.1, -0.05) is 19.8 Å². The Bertz CT molecular complexity index is 385. The Hall–Kier alpha value is -1.36. The smallest absolute Gasteiger partial charge is 0.285 e. The second-order valence-corrected chi connectivity index (χ2v) is 4.40. The van der Waals surface area contributed by atoms with Crippen LogP contribution < -0.4 is 11.3 Å². The van der Waals surface area contributed by atoms with E-state index in [4.69, 9.17) is 5.84 Å². The quantitative estimate of drug-likeness (QED) is 0.404. The molecule has 0 unspecified atom stereocenters. The van der Waals surface area contributed by atoms with E-state index in [0.29, 0.717) is 11.6 Å². The van der Waals surface area contributed by atoms with Crippen LogP contribution in [0, 0.1) is 5.92 Å². The summed E-state index contributed by atoms with van der Waals surface area (Å²) in [6.45, 7) is 2.19. The first-order valence-corrected chi connectivity index (χ1v) is 5.83. The van der Waals surface area contributed by atoms with Gasteiger partial charge in [0.15, 0.2) is 5.69 Å². The van der Waals surface area contributed by atoms with Gasteiger partial charge in [0.1, 0.15) is 0 Å². The first-order chi connectivity index (χ1) is 7.76. The first-order valence-electron chi connectivity index (χ1n) is 5.83. The summed E-state index contributed by atoms with van der Waals surface area (Å²) < 4.78 is 0. The number of hydrazine groups is 1. The largest absolute Gasteiger partial charge is 0.289 e. The van der Waals surface area contributed by atoms with Gasteiger partial charge in [-0.2, -0.15) is 5.10 Å². The van der Waals surface area contributed by atoms with Crippen LogP contribution in [0.2, 0.25) is 0 Å². The van der Waals surface area contributed by atoms with Crippen LogP contribution in [0.5, 0.6) is 0 Å². The number of hydrogen-bond acceptors (Lipinski definition) is 3. The van der Waals surface area contributed by atoms with Crippen LogP contribution in [-0.4, -0.2) is 16.1 Å². The Labute approximate surface area is 94.8 Å². The molecule has 0 bridgehead atoms. The van der Waals surface area contributed by atoms with Gasteiger partial charge in [0, 0.05) is 11.3 Å². The minimum absolute atomic E-state index is 0.297. The van der Waals surface area contributed by atoms with Gasteiger partial charge in [0.25, 0.3) is 5.91 Å². The minimum Gasteiger partial charge on any atom is -0.289 e. The van der Waals surface area contributed by atoms with E-state index in [9.17, 15) is 4.79 Å². The molecule has 1 aliphatic rings. The molecule has 1 aliphatic carbocycles. The van der Waals surface area contributed by atoms with Crippen LogP contribution >= 0.6 is 0 Å². The number of nitrogens with zero attached hydrogens (tertiary/aromatic N) is 1. The average molecular weight is 222 g/mol. The molecule has 0 spiro atoms. The summed E-state index contributed by atoms with van der Waals surface area (Å²) >= 11 is 0. The highest BCUT2D eigenvalue weighted by Gasteiger charge is 2.25. The normalized spacial score (nSPS) is 19.2. The third kappa shape index (κ3) is 1.95. The molecule has 5 nitrogen and oxygen atoms in total. The van der Waals surface area contributed by atoms with E-state index in [1.165, 1.54) is 19.3 Å². The lowest BCUT2D eigenvalue weighted by molar-refractivity contribution is 0.0947. The second-order valence-electron chi connectivity index (χ2n) is 4.40. The van der Waals surface area contributed by atoms with E-state index in [1.54, 1.807) is 0 Å². The molecule has 16 heavy (non-hydrogen) atoms. The predicted molar refractivity (Wildman–Crippen MR) is 60.7 cm³/mol. The number of nitrogens with one attached hydrogen (secondary N) is 2. The summed E-state index contributed by atoms with van der Waals surface area (Å²) in [6, 6.07) is 0. The van der Waals surface area contributed by atoms with Crippen LogP contribution in [0.3, 0.4) is 0 Å². The van der Waals surface area contributed by atoms with Crippen LogP contribution in [0.1, 0.15) is 47.9 Å². The van der Waals surface area contributed by atoms with Gasteiger partial charge in [0.05, 0.1) is 0 Å². The number of hydrogen-bond donors (Lipinski definition) is 3. The van der Waals surface area contributed by atoms with Crippen molar-refractivity contribution in [2.75, 3.05) is 0 Å². The molecule has 0 radical (unpaired) electrons. The van der Waals surface area contributed by atoms with Crippen LogP contribution in [0.4, 0.5) is 0 Å². The van der Waals surface area contributed by atoms with Crippen molar-refractivity contribution in [3.05, 3.63) is 17.0 Å². The van der Waals surface area contributed by atoms with Crippen molar-refractivity contribution >= 4 is 5.91 Å². The van der Waals surface area contributed by atoms with E-state index >= 15 is 0 Å². The summed E-state index contributed by atoms with van der Waals surface area (Å²) in [5.41, 5.74) is 4.78. The summed E-state index contributed by atoms with van der Waals surface area (Å²) in [4.78, 5) is 11.5. The summed E-state index contributed by atoms with van der Waals surface area (Å²) in [7, 11) is 0. The molecule has 0 aliphatic heterocycles. The van der Waals surface area contributed by atoms with Gasteiger partial charge in [-0.05, 0) is 25.2 Å². The topological polar surface area (TPSA) is 83.8 Å². The van der Waals surface area contributed by atoms with E-state index in [-0.39, 0.29) is 5.91 Å². The van der Waals surface area contributed by atoms with Crippen molar-refractivity contribution < 1.29 is 4.79 Å². The molecule has 0 fully saturated rings. The maximum atomic E-state index is 11.5. The Morgan fingerprint density at radius 3 is 3.19 bits per heavy atom. The lowest BCUT2D eigenvalue weighted by Crippen LogP contribution is -2.31. The molecule has 1 aromatic heterocycles. The summed E-state index contributed by atoms with van der Waals surface area (Å²) in [5.74, 6) is 5.52.